The molecule has 112 valence electrons. The van der Waals surface area contributed by atoms with Crippen molar-refractivity contribution in [1.29, 1.82) is 0 Å². The Morgan fingerprint density at radius 1 is 1.40 bits per heavy atom. The highest BCUT2D eigenvalue weighted by Crippen LogP contribution is 2.22. The summed E-state index contributed by atoms with van der Waals surface area (Å²) in [6.45, 7) is 7.27. The lowest BCUT2D eigenvalue weighted by molar-refractivity contribution is 0.0184. The third-order valence-corrected chi connectivity index (χ3v) is 3.52. The second-order valence-corrected chi connectivity index (χ2v) is 6.65. The monoisotopic (exact) mass is 279 g/mol. The summed E-state index contributed by atoms with van der Waals surface area (Å²) in [5.74, 6) is 0.614. The van der Waals surface area contributed by atoms with Crippen LogP contribution >= 0.6 is 0 Å². The minimum Gasteiger partial charge on any atom is -0.444 e. The minimum absolute atomic E-state index is 0.186. The molecule has 0 spiro atoms. The second kappa shape index (κ2) is 5.85. The topological polar surface area (TPSA) is 47.4 Å². The fourth-order valence-electron chi connectivity index (χ4n) is 2.51. The Kier molecular flexibility index (Phi) is 4.35. The summed E-state index contributed by atoms with van der Waals surface area (Å²) in [6.07, 6.45) is 6.77. The lowest BCUT2D eigenvalue weighted by atomic mass is 9.92. The van der Waals surface area contributed by atoms with Crippen molar-refractivity contribution in [3.8, 4) is 0 Å². The van der Waals surface area contributed by atoms with Crippen molar-refractivity contribution in [2.45, 2.75) is 45.6 Å². The quantitative estimate of drug-likeness (QED) is 0.836. The maximum Gasteiger partial charge on any atom is 0.410 e. The lowest BCUT2D eigenvalue weighted by Crippen LogP contribution is -2.42. The van der Waals surface area contributed by atoms with Gasteiger partial charge in [0.2, 0.25) is 0 Å². The number of rotatable bonds is 2. The number of ether oxygens (including phenoxy) is 1. The zero-order valence-electron chi connectivity index (χ0n) is 12.9. The van der Waals surface area contributed by atoms with E-state index < -0.39 is 5.60 Å². The van der Waals surface area contributed by atoms with Crippen molar-refractivity contribution in [2.24, 2.45) is 13.0 Å². The van der Waals surface area contributed by atoms with E-state index in [1.807, 2.05) is 43.6 Å². The van der Waals surface area contributed by atoms with Gasteiger partial charge in [-0.15, -0.1) is 0 Å². The fraction of sp³-hybridized carbons (Fsp3) is 0.733. The Hall–Kier alpha value is -1.52. The fourth-order valence-corrected chi connectivity index (χ4v) is 2.51. The van der Waals surface area contributed by atoms with Crippen LogP contribution in [-0.4, -0.2) is 39.2 Å². The van der Waals surface area contributed by atoms with Gasteiger partial charge in [-0.05, 0) is 46.0 Å². The first kappa shape index (κ1) is 14.9. The molecule has 1 aromatic heterocycles. The van der Waals surface area contributed by atoms with Crippen LogP contribution in [0.4, 0.5) is 4.79 Å². The van der Waals surface area contributed by atoms with Crippen LogP contribution in [0.5, 0.6) is 0 Å². The largest absolute Gasteiger partial charge is 0.444 e. The molecule has 5 heteroatoms. The van der Waals surface area contributed by atoms with Crippen LogP contribution in [0.2, 0.25) is 0 Å². The number of imidazole rings is 1. The molecule has 0 N–H and O–H groups in total. The highest BCUT2D eigenvalue weighted by molar-refractivity contribution is 5.68. The van der Waals surface area contributed by atoms with Crippen molar-refractivity contribution < 1.29 is 9.53 Å². The molecule has 1 aromatic rings. The van der Waals surface area contributed by atoms with Crippen LogP contribution in [0.3, 0.4) is 0 Å². The van der Waals surface area contributed by atoms with Crippen LogP contribution < -0.4 is 0 Å². The van der Waals surface area contributed by atoms with E-state index in [1.165, 1.54) is 0 Å². The highest BCUT2D eigenvalue weighted by atomic mass is 16.6. The van der Waals surface area contributed by atoms with Gasteiger partial charge in [-0.1, -0.05) is 0 Å². The van der Waals surface area contributed by atoms with E-state index in [4.69, 9.17) is 4.74 Å². The Bertz CT molecular complexity index is 454. The number of hydrogen-bond acceptors (Lipinski definition) is 3. The summed E-state index contributed by atoms with van der Waals surface area (Å²) in [5, 5.41) is 0. The Morgan fingerprint density at radius 2 is 2.05 bits per heavy atom. The Morgan fingerprint density at radius 3 is 2.55 bits per heavy atom. The van der Waals surface area contributed by atoms with Gasteiger partial charge in [-0.3, -0.25) is 0 Å². The molecule has 0 unspecified atom stereocenters. The summed E-state index contributed by atoms with van der Waals surface area (Å²) >= 11 is 0. The first-order valence-electron chi connectivity index (χ1n) is 7.28. The zero-order chi connectivity index (χ0) is 14.8. The number of piperidine rings is 1. The van der Waals surface area contributed by atoms with Crippen LogP contribution in [0, 0.1) is 5.92 Å². The average molecular weight is 279 g/mol. The minimum atomic E-state index is -0.415. The first-order chi connectivity index (χ1) is 9.33. The molecule has 1 aliphatic heterocycles. The number of aryl methyl sites for hydroxylation is 1. The van der Waals surface area contributed by atoms with Crippen molar-refractivity contribution in [1.82, 2.24) is 14.5 Å². The number of nitrogens with zero attached hydrogens (tertiary/aromatic N) is 3. The van der Waals surface area contributed by atoms with E-state index in [9.17, 15) is 4.79 Å². The van der Waals surface area contributed by atoms with Crippen molar-refractivity contribution in [3.63, 3.8) is 0 Å². The molecule has 5 nitrogen and oxygen atoms in total. The summed E-state index contributed by atoms with van der Waals surface area (Å²) in [4.78, 5) is 18.2. The van der Waals surface area contributed by atoms with E-state index in [0.717, 1.165) is 38.0 Å². The van der Waals surface area contributed by atoms with Crippen molar-refractivity contribution in [3.05, 3.63) is 18.2 Å². The van der Waals surface area contributed by atoms with Crippen LogP contribution in [-0.2, 0) is 18.2 Å². The predicted molar refractivity (Wildman–Crippen MR) is 77.4 cm³/mol. The smallest absolute Gasteiger partial charge is 0.410 e. The van der Waals surface area contributed by atoms with E-state index >= 15 is 0 Å². The van der Waals surface area contributed by atoms with Crippen LogP contribution in [0.1, 0.15) is 39.3 Å². The normalized spacial score (nSPS) is 17.3. The molecule has 0 saturated carbocycles. The molecule has 2 rings (SSSR count). The SMILES string of the molecule is Cn1cnc(CC2CCN(C(=O)OC(C)(C)C)CC2)c1. The van der Waals surface area contributed by atoms with Gasteiger partial charge >= 0.3 is 6.09 Å². The van der Waals surface area contributed by atoms with Gasteiger partial charge in [0.1, 0.15) is 5.60 Å². The van der Waals surface area contributed by atoms with E-state index in [0.29, 0.717) is 5.92 Å². The number of hydrogen-bond donors (Lipinski definition) is 0. The van der Waals surface area contributed by atoms with E-state index in [2.05, 4.69) is 11.2 Å². The molecule has 2 heterocycles. The summed E-state index contributed by atoms with van der Waals surface area (Å²) < 4.78 is 7.38. The molecular weight excluding hydrogens is 254 g/mol. The first-order valence-corrected chi connectivity index (χ1v) is 7.28. The Labute approximate surface area is 120 Å². The number of carbonyl (C=O) groups is 1. The van der Waals surface area contributed by atoms with Gasteiger partial charge in [-0.2, -0.15) is 0 Å². The molecule has 0 aromatic carbocycles. The maximum absolute atomic E-state index is 12.0. The predicted octanol–water partition coefficient (Wildman–Crippen LogP) is 2.61. The lowest BCUT2D eigenvalue weighted by Gasteiger charge is -2.33. The summed E-state index contributed by atoms with van der Waals surface area (Å²) in [7, 11) is 1.99. The molecule has 0 radical (unpaired) electrons. The zero-order valence-corrected chi connectivity index (χ0v) is 12.9. The van der Waals surface area contributed by atoms with E-state index in [1.54, 1.807) is 0 Å². The number of aromatic nitrogens is 2. The van der Waals surface area contributed by atoms with Crippen LogP contribution in [0.25, 0.3) is 0 Å². The third-order valence-electron chi connectivity index (χ3n) is 3.52. The number of carbonyl (C=O) groups excluding carboxylic acids is 1. The van der Waals surface area contributed by atoms with Gasteiger partial charge in [0.15, 0.2) is 0 Å². The van der Waals surface area contributed by atoms with Gasteiger partial charge in [0.25, 0.3) is 0 Å². The summed E-state index contributed by atoms with van der Waals surface area (Å²) in [6, 6.07) is 0. The number of likely N-dealkylation sites (tertiary alicyclic amines) is 1. The second-order valence-electron chi connectivity index (χ2n) is 6.65. The molecule has 0 bridgehead atoms. The van der Waals surface area contributed by atoms with Crippen molar-refractivity contribution in [2.75, 3.05) is 13.1 Å². The standard InChI is InChI=1S/C15H25N3O2/c1-15(2,3)20-14(19)18-7-5-12(6-8-18)9-13-10-17(4)11-16-13/h10-12H,5-9H2,1-4H3. The molecule has 1 amide bonds. The molecule has 20 heavy (non-hydrogen) atoms. The average Bonchev–Trinajstić information content (AvgIpc) is 2.73. The van der Waals surface area contributed by atoms with Gasteiger partial charge in [0, 0.05) is 26.3 Å². The molecule has 1 fully saturated rings. The van der Waals surface area contributed by atoms with Gasteiger partial charge in [0.05, 0.1) is 12.0 Å². The van der Waals surface area contributed by atoms with Crippen molar-refractivity contribution >= 4 is 6.09 Å². The maximum atomic E-state index is 12.0. The summed E-state index contributed by atoms with van der Waals surface area (Å²) in [5.41, 5.74) is 0.727. The van der Waals surface area contributed by atoms with Gasteiger partial charge in [-0.25, -0.2) is 9.78 Å². The molecule has 0 aliphatic carbocycles. The molecule has 1 saturated heterocycles. The molecule has 1 aliphatic rings. The Balaban J connectivity index is 1.79. The number of amides is 1. The molecular formula is C15H25N3O2. The highest BCUT2D eigenvalue weighted by Gasteiger charge is 2.27. The molecule has 0 atom stereocenters. The van der Waals surface area contributed by atoms with Gasteiger partial charge < -0.3 is 14.2 Å². The van der Waals surface area contributed by atoms with Crippen LogP contribution in [0.15, 0.2) is 12.5 Å². The van der Waals surface area contributed by atoms with E-state index in [-0.39, 0.29) is 6.09 Å². The third kappa shape index (κ3) is 4.25.